The number of rotatable bonds is 11. The maximum absolute atomic E-state index is 13.3. The predicted octanol–water partition coefficient (Wildman–Crippen LogP) is 8.04. The van der Waals surface area contributed by atoms with Gasteiger partial charge in [-0.3, -0.25) is 19.6 Å². The van der Waals surface area contributed by atoms with Crippen molar-refractivity contribution in [3.8, 4) is 0 Å². The van der Waals surface area contributed by atoms with E-state index in [1.165, 1.54) is 26.3 Å². The van der Waals surface area contributed by atoms with Crippen molar-refractivity contribution in [3.05, 3.63) is 166 Å². The third-order valence-electron chi connectivity index (χ3n) is 6.65. The first-order valence-electron chi connectivity index (χ1n) is 13.5. The van der Waals surface area contributed by atoms with Gasteiger partial charge in [0.2, 0.25) is 0 Å². The molecule has 0 heterocycles. The third-order valence-corrected chi connectivity index (χ3v) is 6.65. The Balaban J connectivity index is 0.00000506. The van der Waals surface area contributed by atoms with Gasteiger partial charge >= 0.3 is 0 Å². The van der Waals surface area contributed by atoms with Gasteiger partial charge in [0.15, 0.2) is 11.6 Å². The molecule has 0 aliphatic carbocycles. The molecule has 1 radical (unpaired) electrons. The molecule has 0 saturated heterocycles. The summed E-state index contributed by atoms with van der Waals surface area (Å²) in [4.78, 5) is 36.2. The predicted molar refractivity (Wildman–Crippen MR) is 168 cm³/mol. The molecule has 4 aromatic rings. The van der Waals surface area contributed by atoms with Crippen LogP contribution in [0.3, 0.4) is 0 Å². The minimum absolute atomic E-state index is 0. The first-order chi connectivity index (χ1) is 20.4. The summed E-state index contributed by atoms with van der Waals surface area (Å²) in [6.07, 6.45) is 2.77. The minimum atomic E-state index is -0.644. The molecule has 0 aromatic heterocycles. The van der Waals surface area contributed by atoms with Crippen molar-refractivity contribution >= 4 is 24.0 Å². The van der Waals surface area contributed by atoms with Gasteiger partial charge in [0.1, 0.15) is 23.6 Å². The van der Waals surface area contributed by atoms with Gasteiger partial charge in [0.05, 0.1) is 11.1 Å². The van der Waals surface area contributed by atoms with E-state index in [-0.39, 0.29) is 51.0 Å². The monoisotopic (exact) mass is 615 g/mol. The Bertz CT molecular complexity index is 1500. The number of ketones is 2. The van der Waals surface area contributed by atoms with Gasteiger partial charge in [-0.15, -0.1) is 0 Å². The summed E-state index contributed by atoms with van der Waals surface area (Å²) in [5.41, 5.74) is 2.58. The molecule has 4 rings (SSSR count). The molecule has 0 bridgehead atoms. The van der Waals surface area contributed by atoms with E-state index >= 15 is 0 Å². The Morgan fingerprint density at radius 3 is 1.09 bits per heavy atom. The molecular formula is C36H32CoN2O4. The Morgan fingerprint density at radius 1 is 0.535 bits per heavy atom. The quantitative estimate of drug-likeness (QED) is 0.0772. The SMILES string of the molecule is C/C(O)=C(/C=N[C@@H](c1ccccc1)[C@@H](N=C/C(C(=O)c1ccccc1)=C(/C)O)c1ccccc1)C(=O)c1ccccc1.[Co]. The zero-order chi connectivity index (χ0) is 29.9. The number of aliphatic hydroxyl groups is 2. The normalized spacial score (nSPS) is 13.9. The fourth-order valence-electron chi connectivity index (χ4n) is 4.43. The number of carbonyl (C=O) groups is 2. The largest absolute Gasteiger partial charge is 0.512 e. The van der Waals surface area contributed by atoms with Crippen LogP contribution in [0.2, 0.25) is 0 Å². The van der Waals surface area contributed by atoms with E-state index in [1.807, 2.05) is 72.8 Å². The van der Waals surface area contributed by atoms with Crippen LogP contribution >= 0.6 is 0 Å². The molecule has 4 aromatic carbocycles. The molecule has 0 amide bonds. The summed E-state index contributed by atoms with van der Waals surface area (Å²) in [6, 6.07) is 35.0. The molecule has 0 saturated carbocycles. The van der Waals surface area contributed by atoms with Crippen LogP contribution < -0.4 is 0 Å². The van der Waals surface area contributed by atoms with Gasteiger partial charge in [0.25, 0.3) is 0 Å². The number of aliphatic imine (C=N–C) groups is 2. The molecule has 219 valence electrons. The summed E-state index contributed by atoms with van der Waals surface area (Å²) in [5, 5.41) is 20.9. The van der Waals surface area contributed by atoms with Crippen molar-refractivity contribution in [2.75, 3.05) is 0 Å². The molecule has 0 aliphatic rings. The Kier molecular flexibility index (Phi) is 12.1. The standard InChI is InChI=1S/C36H32N2O4.Co/c1-25(39)31(35(41)29-19-11-5-12-20-29)23-37-33(27-15-7-3-8-16-27)34(28-17-9-4-10-18-28)38-24-32(26(2)40)36(42)30-21-13-6-14-22-30;/h3-24,33-34,39-40H,1-2H3;/b31-25+,32-26+,37-23?,38-24?;/t33-,34-;/m0./s1. The fourth-order valence-corrected chi connectivity index (χ4v) is 4.43. The first-order valence-corrected chi connectivity index (χ1v) is 13.5. The topological polar surface area (TPSA) is 99.3 Å². The molecule has 0 aliphatic heterocycles. The van der Waals surface area contributed by atoms with Crippen molar-refractivity contribution in [2.45, 2.75) is 25.9 Å². The van der Waals surface area contributed by atoms with Gasteiger partial charge in [-0.05, 0) is 25.0 Å². The smallest absolute Gasteiger partial charge is 0.197 e. The number of benzene rings is 4. The van der Waals surface area contributed by atoms with Crippen LogP contribution in [0, 0.1) is 0 Å². The van der Waals surface area contributed by atoms with Crippen LogP contribution in [0.5, 0.6) is 0 Å². The van der Waals surface area contributed by atoms with E-state index in [1.54, 1.807) is 48.5 Å². The number of nitrogens with zero attached hydrogens (tertiary/aromatic N) is 2. The van der Waals surface area contributed by atoms with Crippen molar-refractivity contribution in [1.29, 1.82) is 0 Å². The van der Waals surface area contributed by atoms with Gasteiger partial charge in [-0.25, -0.2) is 0 Å². The van der Waals surface area contributed by atoms with Gasteiger partial charge in [-0.2, -0.15) is 0 Å². The second kappa shape index (κ2) is 16.0. The van der Waals surface area contributed by atoms with Crippen molar-refractivity contribution in [2.24, 2.45) is 9.98 Å². The van der Waals surface area contributed by atoms with Gasteiger partial charge < -0.3 is 10.2 Å². The summed E-state index contributed by atoms with van der Waals surface area (Å²) in [6.45, 7) is 2.89. The van der Waals surface area contributed by atoms with E-state index < -0.39 is 12.1 Å². The van der Waals surface area contributed by atoms with E-state index in [0.29, 0.717) is 11.1 Å². The average molecular weight is 616 g/mol. The van der Waals surface area contributed by atoms with Crippen LogP contribution in [0.25, 0.3) is 0 Å². The van der Waals surface area contributed by atoms with Gasteiger partial charge in [-0.1, -0.05) is 121 Å². The minimum Gasteiger partial charge on any atom is -0.512 e. The fraction of sp³-hybridized carbons (Fsp3) is 0.111. The summed E-state index contributed by atoms with van der Waals surface area (Å²) in [5.74, 6) is -1.04. The third kappa shape index (κ3) is 8.58. The Labute approximate surface area is 262 Å². The van der Waals surface area contributed by atoms with Crippen molar-refractivity contribution < 1.29 is 36.6 Å². The summed E-state index contributed by atoms with van der Waals surface area (Å²) in [7, 11) is 0. The van der Waals surface area contributed by atoms with Crippen LogP contribution in [0.4, 0.5) is 0 Å². The van der Waals surface area contributed by atoms with Crippen molar-refractivity contribution in [1.82, 2.24) is 0 Å². The molecule has 43 heavy (non-hydrogen) atoms. The van der Waals surface area contributed by atoms with E-state index in [2.05, 4.69) is 0 Å². The zero-order valence-corrected chi connectivity index (χ0v) is 24.8. The molecule has 0 spiro atoms. The summed E-state index contributed by atoms with van der Waals surface area (Å²) >= 11 is 0. The van der Waals surface area contributed by atoms with E-state index in [4.69, 9.17) is 9.98 Å². The number of carbonyl (C=O) groups excluding carboxylic acids is 2. The molecule has 2 N–H and O–H groups in total. The van der Waals surface area contributed by atoms with E-state index in [0.717, 1.165) is 11.1 Å². The molecular weight excluding hydrogens is 583 g/mol. The van der Waals surface area contributed by atoms with Crippen LogP contribution in [0.1, 0.15) is 57.8 Å². The van der Waals surface area contributed by atoms with Crippen LogP contribution in [-0.2, 0) is 16.8 Å². The number of aliphatic hydroxyl groups excluding tert-OH is 2. The zero-order valence-electron chi connectivity index (χ0n) is 23.8. The van der Waals surface area contributed by atoms with Crippen molar-refractivity contribution in [3.63, 3.8) is 0 Å². The maximum Gasteiger partial charge on any atom is 0.197 e. The summed E-state index contributed by atoms with van der Waals surface area (Å²) < 4.78 is 0. The number of allylic oxidation sites excluding steroid dienone is 4. The number of hydrogen-bond acceptors (Lipinski definition) is 6. The second-order valence-electron chi connectivity index (χ2n) is 9.66. The second-order valence-corrected chi connectivity index (χ2v) is 9.66. The van der Waals surface area contributed by atoms with E-state index in [9.17, 15) is 19.8 Å². The average Bonchev–Trinajstić information content (AvgIpc) is 3.03. The molecule has 0 fully saturated rings. The number of hydrogen-bond donors (Lipinski definition) is 2. The molecule has 0 unspecified atom stereocenters. The maximum atomic E-state index is 13.3. The molecule has 6 nitrogen and oxygen atoms in total. The Hall–Kier alpha value is -4.85. The molecule has 2 atom stereocenters. The molecule has 7 heteroatoms. The van der Waals surface area contributed by atoms with Crippen LogP contribution in [-0.4, -0.2) is 34.2 Å². The number of Topliss-reactive ketones (excluding diaryl/α,β-unsaturated/α-hetero) is 2. The Morgan fingerprint density at radius 2 is 0.814 bits per heavy atom. The van der Waals surface area contributed by atoms with Gasteiger partial charge in [0, 0.05) is 40.3 Å². The first kappa shape index (κ1) is 32.7. The van der Waals surface area contributed by atoms with Crippen LogP contribution in [0.15, 0.2) is 154 Å².